The van der Waals surface area contributed by atoms with Crippen LogP contribution in [0.5, 0.6) is 0 Å². The third-order valence-corrected chi connectivity index (χ3v) is 3.60. The largest absolute Gasteiger partial charge is 0.399 e. The van der Waals surface area contributed by atoms with Gasteiger partial charge in [-0.05, 0) is 42.5 Å². The van der Waals surface area contributed by atoms with Gasteiger partial charge in [-0.2, -0.15) is 0 Å². The smallest absolute Gasteiger partial charge is 0.258 e. The number of carbonyl (C=O) groups is 1. The van der Waals surface area contributed by atoms with Crippen molar-refractivity contribution in [1.29, 1.82) is 0 Å². The van der Waals surface area contributed by atoms with E-state index < -0.39 is 21.7 Å². The number of nitrogens with one attached hydrogen (secondary N) is 1. The zero-order valence-electron chi connectivity index (χ0n) is 10.7. The van der Waals surface area contributed by atoms with Gasteiger partial charge in [0.15, 0.2) is 0 Å². The number of benzene rings is 2. The fourth-order valence-electron chi connectivity index (χ4n) is 1.64. The van der Waals surface area contributed by atoms with E-state index in [0.29, 0.717) is 5.69 Å². The molecule has 0 atom stereocenters. The zero-order valence-corrected chi connectivity index (χ0v) is 11.5. The van der Waals surface area contributed by atoms with Crippen molar-refractivity contribution in [3.8, 4) is 0 Å². The molecular weight excluding hydrogens is 297 g/mol. The number of sulfonamides is 1. The molecule has 21 heavy (non-hydrogen) atoms. The first-order chi connectivity index (χ1) is 9.77. The van der Waals surface area contributed by atoms with E-state index in [9.17, 15) is 17.6 Å². The molecule has 0 aliphatic rings. The van der Waals surface area contributed by atoms with E-state index in [1.165, 1.54) is 36.4 Å². The van der Waals surface area contributed by atoms with Gasteiger partial charge in [0.05, 0.1) is 10.5 Å². The maximum Gasteiger partial charge on any atom is 0.258 e. The molecule has 6 nitrogen and oxygen atoms in total. The van der Waals surface area contributed by atoms with Crippen LogP contribution in [0.2, 0.25) is 0 Å². The Hall–Kier alpha value is -2.45. The van der Waals surface area contributed by atoms with Gasteiger partial charge in [-0.25, -0.2) is 17.9 Å². The normalized spacial score (nSPS) is 11.1. The average Bonchev–Trinajstić information content (AvgIpc) is 2.41. The molecule has 2 aromatic carbocycles. The molecule has 0 aliphatic heterocycles. The van der Waals surface area contributed by atoms with Crippen LogP contribution in [0, 0.1) is 5.82 Å². The van der Waals surface area contributed by atoms with Gasteiger partial charge in [0.1, 0.15) is 5.82 Å². The molecule has 0 bridgehead atoms. The number of carbonyl (C=O) groups excluding carboxylic acids is 1. The standard InChI is InChI=1S/C13H12FN3O3S/c14-12-6-1-8(15)7-11(12)13(18)17-9-2-4-10(5-3-9)21(16,19)20/h1-7H,15H2,(H,17,18)(H2,16,19,20). The highest BCUT2D eigenvalue weighted by Gasteiger charge is 2.13. The summed E-state index contributed by atoms with van der Waals surface area (Å²) in [5, 5.41) is 7.39. The fourth-order valence-corrected chi connectivity index (χ4v) is 2.16. The van der Waals surface area contributed by atoms with Gasteiger partial charge in [-0.15, -0.1) is 0 Å². The molecule has 0 spiro atoms. The predicted octanol–water partition coefficient (Wildman–Crippen LogP) is 1.31. The highest BCUT2D eigenvalue weighted by Crippen LogP contribution is 2.16. The third kappa shape index (κ3) is 3.56. The highest BCUT2D eigenvalue weighted by molar-refractivity contribution is 7.89. The van der Waals surface area contributed by atoms with Crippen molar-refractivity contribution in [2.45, 2.75) is 4.90 Å². The van der Waals surface area contributed by atoms with Gasteiger partial charge in [0, 0.05) is 11.4 Å². The van der Waals surface area contributed by atoms with Crippen molar-refractivity contribution >= 4 is 27.3 Å². The van der Waals surface area contributed by atoms with Gasteiger partial charge in [-0.1, -0.05) is 0 Å². The molecule has 110 valence electrons. The number of primary sulfonamides is 1. The molecule has 0 aromatic heterocycles. The Balaban J connectivity index is 2.22. The molecule has 2 aromatic rings. The lowest BCUT2D eigenvalue weighted by Crippen LogP contribution is -2.15. The molecule has 0 fully saturated rings. The summed E-state index contributed by atoms with van der Waals surface area (Å²) >= 11 is 0. The van der Waals surface area contributed by atoms with Gasteiger partial charge in [0.25, 0.3) is 5.91 Å². The van der Waals surface area contributed by atoms with Gasteiger partial charge >= 0.3 is 0 Å². The Morgan fingerprint density at radius 3 is 2.29 bits per heavy atom. The Morgan fingerprint density at radius 2 is 1.71 bits per heavy atom. The first-order valence-electron chi connectivity index (χ1n) is 5.76. The van der Waals surface area contributed by atoms with Crippen LogP contribution in [0.3, 0.4) is 0 Å². The van der Waals surface area contributed by atoms with Gasteiger partial charge < -0.3 is 11.1 Å². The van der Waals surface area contributed by atoms with E-state index in [1.54, 1.807) is 0 Å². The molecule has 0 saturated carbocycles. The Morgan fingerprint density at radius 1 is 1.10 bits per heavy atom. The van der Waals surface area contributed by atoms with Crippen LogP contribution >= 0.6 is 0 Å². The van der Waals surface area contributed by atoms with Crippen molar-refractivity contribution < 1.29 is 17.6 Å². The molecule has 0 heterocycles. The number of nitrogens with two attached hydrogens (primary N) is 2. The van der Waals surface area contributed by atoms with Crippen molar-refractivity contribution in [1.82, 2.24) is 0 Å². The third-order valence-electron chi connectivity index (χ3n) is 2.68. The maximum atomic E-state index is 13.5. The van der Waals surface area contributed by atoms with Crippen LogP contribution in [0.4, 0.5) is 15.8 Å². The highest BCUT2D eigenvalue weighted by atomic mass is 32.2. The predicted molar refractivity (Wildman–Crippen MR) is 76.6 cm³/mol. The van der Waals surface area contributed by atoms with Crippen molar-refractivity contribution in [2.75, 3.05) is 11.1 Å². The fraction of sp³-hybridized carbons (Fsp3) is 0. The topological polar surface area (TPSA) is 115 Å². The Labute approximate surface area is 120 Å². The minimum Gasteiger partial charge on any atom is -0.399 e. The van der Waals surface area contributed by atoms with E-state index in [4.69, 9.17) is 10.9 Å². The van der Waals surface area contributed by atoms with Crippen molar-refractivity contribution in [2.24, 2.45) is 5.14 Å². The molecule has 0 radical (unpaired) electrons. The average molecular weight is 309 g/mol. The number of amides is 1. The lowest BCUT2D eigenvalue weighted by molar-refractivity contribution is 0.102. The lowest BCUT2D eigenvalue weighted by atomic mass is 10.1. The number of nitrogen functional groups attached to an aromatic ring is 1. The SMILES string of the molecule is Nc1ccc(F)c(C(=O)Nc2ccc(S(N)(=O)=O)cc2)c1. The number of hydrogen-bond donors (Lipinski definition) is 3. The monoisotopic (exact) mass is 309 g/mol. The first kappa shape index (κ1) is 14.9. The Bertz CT molecular complexity index is 789. The molecule has 5 N–H and O–H groups in total. The molecule has 1 amide bonds. The minimum atomic E-state index is -3.80. The van der Waals surface area contributed by atoms with Crippen molar-refractivity contribution in [3.05, 3.63) is 53.8 Å². The van der Waals surface area contributed by atoms with Gasteiger partial charge in [0.2, 0.25) is 10.0 Å². The number of halogens is 1. The van der Waals surface area contributed by atoms with Crippen LogP contribution in [-0.2, 0) is 10.0 Å². The first-order valence-corrected chi connectivity index (χ1v) is 7.31. The summed E-state index contributed by atoms with van der Waals surface area (Å²) in [5.41, 5.74) is 5.85. The van der Waals surface area contributed by atoms with Crippen LogP contribution in [-0.4, -0.2) is 14.3 Å². The zero-order chi connectivity index (χ0) is 15.6. The molecule has 8 heteroatoms. The molecule has 0 unspecified atom stereocenters. The van der Waals surface area contributed by atoms with E-state index in [2.05, 4.69) is 5.32 Å². The summed E-state index contributed by atoms with van der Waals surface area (Å²) in [6, 6.07) is 8.82. The summed E-state index contributed by atoms with van der Waals surface area (Å²) < 4.78 is 35.7. The quantitative estimate of drug-likeness (QED) is 0.741. The van der Waals surface area contributed by atoms with E-state index in [0.717, 1.165) is 6.07 Å². The second kappa shape index (κ2) is 5.51. The second-order valence-corrected chi connectivity index (χ2v) is 5.82. The summed E-state index contributed by atoms with van der Waals surface area (Å²) in [4.78, 5) is 11.8. The van der Waals surface area contributed by atoms with Crippen LogP contribution in [0.15, 0.2) is 47.4 Å². The van der Waals surface area contributed by atoms with Crippen molar-refractivity contribution in [3.63, 3.8) is 0 Å². The summed E-state index contributed by atoms with van der Waals surface area (Å²) in [6.45, 7) is 0. The van der Waals surface area contributed by atoms with E-state index >= 15 is 0 Å². The second-order valence-electron chi connectivity index (χ2n) is 4.26. The molecule has 2 rings (SSSR count). The molecule has 0 saturated heterocycles. The van der Waals surface area contributed by atoms with Crippen LogP contribution in [0.25, 0.3) is 0 Å². The summed E-state index contributed by atoms with van der Waals surface area (Å²) in [7, 11) is -3.80. The van der Waals surface area contributed by atoms with Crippen LogP contribution in [0.1, 0.15) is 10.4 Å². The number of hydrogen-bond acceptors (Lipinski definition) is 4. The lowest BCUT2D eigenvalue weighted by Gasteiger charge is -2.07. The summed E-state index contributed by atoms with van der Waals surface area (Å²) in [5.74, 6) is -1.40. The Kier molecular flexibility index (Phi) is 3.92. The van der Waals surface area contributed by atoms with Crippen LogP contribution < -0.4 is 16.2 Å². The van der Waals surface area contributed by atoms with Gasteiger partial charge in [-0.3, -0.25) is 4.79 Å². The molecule has 0 aliphatic carbocycles. The van der Waals surface area contributed by atoms with E-state index in [-0.39, 0.29) is 16.1 Å². The maximum absolute atomic E-state index is 13.5. The minimum absolute atomic E-state index is 0.0874. The summed E-state index contributed by atoms with van der Waals surface area (Å²) in [6.07, 6.45) is 0. The number of rotatable bonds is 3. The van der Waals surface area contributed by atoms with E-state index in [1.807, 2.05) is 0 Å². The molecular formula is C13H12FN3O3S. The number of anilines is 2.